The zero-order valence-electron chi connectivity index (χ0n) is 8.08. The average Bonchev–Trinajstić information content (AvgIpc) is 2.59. The summed E-state index contributed by atoms with van der Waals surface area (Å²) in [5.41, 5.74) is 0. The van der Waals surface area contributed by atoms with Crippen LogP contribution in [0, 0.1) is 0 Å². The fraction of sp³-hybridized carbons (Fsp3) is 1.00. The SMILES string of the molecule is CN1CC[N+](C)(N2CCCC2)P1. The standard InChI is InChI=1S/C8H19N3P/c1-9-7-8-11(2,12-9)10-5-3-4-6-10/h12H,3-8H2,1-2H3/q+1. The van der Waals surface area contributed by atoms with Crippen LogP contribution >= 0.6 is 8.88 Å². The second-order valence-electron chi connectivity index (χ2n) is 4.05. The molecule has 2 atom stereocenters. The summed E-state index contributed by atoms with van der Waals surface area (Å²) in [4.78, 5) is 0. The summed E-state index contributed by atoms with van der Waals surface area (Å²) in [5.74, 6) is 0. The highest BCUT2D eigenvalue weighted by atomic mass is 31.1. The first kappa shape index (κ1) is 8.89. The van der Waals surface area contributed by atoms with Gasteiger partial charge in [0.25, 0.3) is 0 Å². The molecule has 0 aromatic heterocycles. The minimum absolute atomic E-state index is 0.957. The molecule has 2 heterocycles. The van der Waals surface area contributed by atoms with Crippen molar-refractivity contribution in [1.82, 2.24) is 9.68 Å². The zero-order valence-corrected chi connectivity index (χ0v) is 9.08. The lowest BCUT2D eigenvalue weighted by Gasteiger charge is -2.35. The first-order valence-electron chi connectivity index (χ1n) is 4.81. The van der Waals surface area contributed by atoms with Gasteiger partial charge in [-0.15, -0.1) is 0 Å². The van der Waals surface area contributed by atoms with Crippen molar-refractivity contribution in [2.45, 2.75) is 12.8 Å². The Morgan fingerprint density at radius 1 is 1.17 bits per heavy atom. The summed E-state index contributed by atoms with van der Waals surface area (Å²) >= 11 is 0. The Hall–Kier alpha value is 0.310. The fourth-order valence-corrected chi connectivity index (χ4v) is 3.62. The predicted molar refractivity (Wildman–Crippen MR) is 52.8 cm³/mol. The molecule has 0 N–H and O–H groups in total. The van der Waals surface area contributed by atoms with Gasteiger partial charge in [-0.3, -0.25) is 0 Å². The maximum absolute atomic E-state index is 2.64. The van der Waals surface area contributed by atoms with Gasteiger partial charge in [0.15, 0.2) is 8.88 Å². The number of likely N-dealkylation sites (N-methyl/N-ethyl adjacent to an activating group) is 2. The maximum atomic E-state index is 2.64. The molecule has 12 heavy (non-hydrogen) atoms. The van der Waals surface area contributed by atoms with Crippen molar-refractivity contribution in [3.63, 3.8) is 0 Å². The Labute approximate surface area is 76.8 Å². The molecule has 3 nitrogen and oxygen atoms in total. The third-order valence-corrected chi connectivity index (χ3v) is 4.47. The van der Waals surface area contributed by atoms with Gasteiger partial charge in [0.2, 0.25) is 0 Å². The molecule has 2 saturated heterocycles. The predicted octanol–water partition coefficient (Wildman–Crippen LogP) is 0.898. The number of rotatable bonds is 1. The summed E-state index contributed by atoms with van der Waals surface area (Å²) in [5, 5.41) is 2.64. The van der Waals surface area contributed by atoms with Crippen molar-refractivity contribution in [2.75, 3.05) is 40.3 Å². The van der Waals surface area contributed by atoms with E-state index in [9.17, 15) is 0 Å². The van der Waals surface area contributed by atoms with E-state index in [0.717, 1.165) is 8.88 Å². The quantitative estimate of drug-likeness (QED) is 0.564. The van der Waals surface area contributed by atoms with Gasteiger partial charge in [0.1, 0.15) is 6.54 Å². The lowest BCUT2D eigenvalue weighted by atomic mass is 10.4. The summed E-state index contributed by atoms with van der Waals surface area (Å²) in [6.45, 7) is 5.22. The normalized spacial score (nSPS) is 41.5. The lowest BCUT2D eigenvalue weighted by molar-refractivity contribution is -0.901. The Kier molecular flexibility index (Phi) is 2.39. The Bertz CT molecular complexity index is 170. The summed E-state index contributed by atoms with van der Waals surface area (Å²) in [7, 11) is 5.57. The molecule has 0 bridgehead atoms. The van der Waals surface area contributed by atoms with Crippen LogP contribution in [0.4, 0.5) is 0 Å². The van der Waals surface area contributed by atoms with E-state index in [1.54, 1.807) is 0 Å². The van der Waals surface area contributed by atoms with Crippen LogP contribution in [0.5, 0.6) is 0 Å². The van der Waals surface area contributed by atoms with Crippen LogP contribution in [0.1, 0.15) is 12.8 Å². The molecule has 0 aliphatic carbocycles. The van der Waals surface area contributed by atoms with Crippen LogP contribution in [-0.2, 0) is 0 Å². The van der Waals surface area contributed by atoms with Gasteiger partial charge in [-0.2, -0.15) is 5.01 Å². The average molecular weight is 188 g/mol. The van der Waals surface area contributed by atoms with Crippen molar-refractivity contribution in [2.24, 2.45) is 0 Å². The van der Waals surface area contributed by atoms with E-state index in [-0.39, 0.29) is 0 Å². The second-order valence-corrected chi connectivity index (χ2v) is 5.97. The molecule has 2 fully saturated rings. The molecule has 0 radical (unpaired) electrons. The van der Waals surface area contributed by atoms with Crippen molar-refractivity contribution < 1.29 is 4.36 Å². The highest BCUT2D eigenvalue weighted by Gasteiger charge is 2.39. The fourth-order valence-electron chi connectivity index (χ4n) is 2.16. The molecule has 0 saturated carbocycles. The monoisotopic (exact) mass is 188 g/mol. The molecule has 2 aliphatic heterocycles. The summed E-state index contributed by atoms with van der Waals surface area (Å²) in [6, 6.07) is 0. The third kappa shape index (κ3) is 1.51. The van der Waals surface area contributed by atoms with E-state index in [4.69, 9.17) is 0 Å². The maximum Gasteiger partial charge on any atom is 0.190 e. The molecule has 2 aliphatic rings. The van der Waals surface area contributed by atoms with Crippen molar-refractivity contribution >= 4 is 8.88 Å². The van der Waals surface area contributed by atoms with Gasteiger partial charge in [-0.1, -0.05) is 0 Å². The van der Waals surface area contributed by atoms with Crippen LogP contribution in [0.3, 0.4) is 0 Å². The van der Waals surface area contributed by atoms with Crippen molar-refractivity contribution in [1.29, 1.82) is 0 Å². The second kappa shape index (κ2) is 3.22. The van der Waals surface area contributed by atoms with E-state index in [0.29, 0.717) is 0 Å². The smallest absolute Gasteiger partial charge is 0.190 e. The minimum atomic E-state index is 0.957. The minimum Gasteiger partial charge on any atom is -0.233 e. The molecular weight excluding hydrogens is 169 g/mol. The molecule has 0 aromatic rings. The molecular formula is C8H19N3P+. The topological polar surface area (TPSA) is 6.48 Å². The van der Waals surface area contributed by atoms with Gasteiger partial charge in [-0.05, 0) is 19.9 Å². The zero-order chi connectivity index (χ0) is 8.60. The largest absolute Gasteiger partial charge is 0.233 e. The molecule has 2 unspecified atom stereocenters. The molecule has 0 amide bonds. The molecule has 0 spiro atoms. The number of hydrogen-bond acceptors (Lipinski definition) is 2. The lowest BCUT2D eigenvalue weighted by Crippen LogP contribution is -2.48. The highest BCUT2D eigenvalue weighted by molar-refractivity contribution is 7.28. The number of hydrogen-bond donors (Lipinski definition) is 0. The molecule has 0 aromatic carbocycles. The molecule has 70 valence electrons. The highest BCUT2D eigenvalue weighted by Crippen LogP contribution is 2.39. The van der Waals surface area contributed by atoms with Crippen molar-refractivity contribution in [3.05, 3.63) is 0 Å². The molecule has 2 rings (SSSR count). The van der Waals surface area contributed by atoms with Gasteiger partial charge in [-0.25, -0.2) is 9.03 Å². The summed E-state index contributed by atoms with van der Waals surface area (Å²) in [6.07, 6.45) is 2.81. The van der Waals surface area contributed by atoms with Crippen LogP contribution in [0.15, 0.2) is 0 Å². The van der Waals surface area contributed by atoms with E-state index in [1.807, 2.05) is 0 Å². The molecule has 4 heteroatoms. The Morgan fingerprint density at radius 2 is 1.83 bits per heavy atom. The Morgan fingerprint density at radius 3 is 2.33 bits per heavy atom. The van der Waals surface area contributed by atoms with Crippen LogP contribution < -0.4 is 0 Å². The van der Waals surface area contributed by atoms with Gasteiger partial charge in [0.05, 0.1) is 13.6 Å². The van der Waals surface area contributed by atoms with Gasteiger partial charge >= 0.3 is 0 Å². The van der Waals surface area contributed by atoms with E-state index in [1.165, 1.54) is 43.4 Å². The van der Waals surface area contributed by atoms with Crippen LogP contribution in [0.25, 0.3) is 0 Å². The third-order valence-electron chi connectivity index (χ3n) is 2.96. The van der Waals surface area contributed by atoms with Crippen LogP contribution in [0.2, 0.25) is 0 Å². The first-order chi connectivity index (χ1) is 5.71. The van der Waals surface area contributed by atoms with Gasteiger partial charge < -0.3 is 0 Å². The summed E-state index contributed by atoms with van der Waals surface area (Å²) < 4.78 is 3.65. The van der Waals surface area contributed by atoms with Gasteiger partial charge in [0, 0.05) is 13.1 Å². The Balaban J connectivity index is 2.00. The number of quaternary nitrogens is 1. The first-order valence-corrected chi connectivity index (χ1v) is 5.70. The van der Waals surface area contributed by atoms with E-state index >= 15 is 0 Å². The van der Waals surface area contributed by atoms with E-state index < -0.39 is 0 Å². The van der Waals surface area contributed by atoms with E-state index in [2.05, 4.69) is 23.8 Å². The number of nitrogens with zero attached hydrogens (tertiary/aromatic N) is 3. The van der Waals surface area contributed by atoms with Crippen molar-refractivity contribution in [3.8, 4) is 0 Å². The van der Waals surface area contributed by atoms with Crippen LogP contribution in [-0.4, -0.2) is 54.3 Å².